The number of hydrogen-bond acceptors (Lipinski definition) is 4. The summed E-state index contributed by atoms with van der Waals surface area (Å²) in [6.45, 7) is 4.39. The van der Waals surface area contributed by atoms with Crippen molar-refractivity contribution in [2.75, 3.05) is 12.3 Å². The van der Waals surface area contributed by atoms with Crippen molar-refractivity contribution >= 4 is 17.7 Å². The van der Waals surface area contributed by atoms with Crippen molar-refractivity contribution < 1.29 is 9.18 Å². The summed E-state index contributed by atoms with van der Waals surface area (Å²) in [6.07, 6.45) is 0. The van der Waals surface area contributed by atoms with Crippen molar-refractivity contribution in [3.05, 3.63) is 76.9 Å². The van der Waals surface area contributed by atoms with E-state index in [4.69, 9.17) is 0 Å². The van der Waals surface area contributed by atoms with Crippen LogP contribution in [0.1, 0.15) is 27.3 Å². The Hall–Kier alpha value is -2.67. The average Bonchev–Trinajstić information content (AvgIpc) is 3.05. The molecule has 0 saturated carbocycles. The molecule has 0 saturated heterocycles. The standard InChI is InChI=1S/C20H21FN4OS/c1-14-3-5-16(6-4-14)13-27-12-11-22-20(26)19-15(2)25(24-23-19)18-9-7-17(21)8-10-18/h3-10H,11-13H2,1-2H3,(H,22,26). The summed E-state index contributed by atoms with van der Waals surface area (Å²) < 4.78 is 14.6. The van der Waals surface area contributed by atoms with Crippen molar-refractivity contribution in [1.29, 1.82) is 0 Å². The Morgan fingerprint density at radius 3 is 2.52 bits per heavy atom. The minimum atomic E-state index is -0.322. The van der Waals surface area contributed by atoms with Crippen molar-refractivity contribution in [2.45, 2.75) is 19.6 Å². The maximum absolute atomic E-state index is 13.1. The summed E-state index contributed by atoms with van der Waals surface area (Å²) in [4.78, 5) is 12.3. The van der Waals surface area contributed by atoms with E-state index < -0.39 is 0 Å². The third kappa shape index (κ3) is 4.95. The van der Waals surface area contributed by atoms with Gasteiger partial charge in [-0.1, -0.05) is 35.0 Å². The molecule has 0 aliphatic carbocycles. The highest BCUT2D eigenvalue weighted by Crippen LogP contribution is 2.14. The lowest BCUT2D eigenvalue weighted by Gasteiger charge is -2.06. The lowest BCUT2D eigenvalue weighted by molar-refractivity contribution is 0.0950. The maximum atomic E-state index is 13.1. The molecule has 27 heavy (non-hydrogen) atoms. The molecule has 2 aromatic carbocycles. The molecule has 140 valence electrons. The monoisotopic (exact) mass is 384 g/mol. The first-order valence-corrected chi connectivity index (χ1v) is 9.80. The lowest BCUT2D eigenvalue weighted by Crippen LogP contribution is -2.26. The van der Waals surface area contributed by atoms with Gasteiger partial charge in [-0.15, -0.1) is 5.10 Å². The van der Waals surface area contributed by atoms with Crippen LogP contribution in [-0.4, -0.2) is 33.2 Å². The Balaban J connectivity index is 1.49. The molecule has 0 bridgehead atoms. The van der Waals surface area contributed by atoms with E-state index in [1.54, 1.807) is 30.8 Å². The lowest BCUT2D eigenvalue weighted by atomic mass is 10.2. The molecule has 0 radical (unpaired) electrons. The number of amides is 1. The first kappa shape index (κ1) is 19.1. The first-order chi connectivity index (χ1) is 13.0. The van der Waals surface area contributed by atoms with E-state index in [0.717, 1.165) is 11.5 Å². The predicted molar refractivity (Wildman–Crippen MR) is 106 cm³/mol. The number of nitrogens with one attached hydrogen (secondary N) is 1. The molecule has 0 unspecified atom stereocenters. The number of benzene rings is 2. The largest absolute Gasteiger partial charge is 0.350 e. The Labute approximate surface area is 162 Å². The van der Waals surface area contributed by atoms with Crippen LogP contribution in [0.5, 0.6) is 0 Å². The van der Waals surface area contributed by atoms with Crippen LogP contribution in [0.4, 0.5) is 4.39 Å². The smallest absolute Gasteiger partial charge is 0.273 e. The molecule has 7 heteroatoms. The fourth-order valence-electron chi connectivity index (χ4n) is 2.56. The molecular formula is C20H21FN4OS. The molecule has 0 aliphatic rings. The van der Waals surface area contributed by atoms with Crippen LogP contribution in [-0.2, 0) is 5.75 Å². The molecule has 3 rings (SSSR count). The average molecular weight is 384 g/mol. The number of rotatable bonds is 7. The number of thioether (sulfide) groups is 1. The van der Waals surface area contributed by atoms with Crippen LogP contribution in [0.15, 0.2) is 48.5 Å². The predicted octanol–water partition coefficient (Wildman–Crippen LogP) is 3.69. The van der Waals surface area contributed by atoms with Crippen LogP contribution < -0.4 is 5.32 Å². The van der Waals surface area contributed by atoms with Gasteiger partial charge in [0.1, 0.15) is 5.82 Å². The summed E-state index contributed by atoms with van der Waals surface area (Å²) in [5, 5.41) is 10.8. The van der Waals surface area contributed by atoms with E-state index in [-0.39, 0.29) is 17.4 Å². The van der Waals surface area contributed by atoms with E-state index in [2.05, 4.69) is 46.8 Å². The summed E-state index contributed by atoms with van der Waals surface area (Å²) >= 11 is 1.77. The zero-order valence-electron chi connectivity index (χ0n) is 15.3. The minimum Gasteiger partial charge on any atom is -0.350 e. The number of carbonyl (C=O) groups excluding carboxylic acids is 1. The topological polar surface area (TPSA) is 59.8 Å². The SMILES string of the molecule is Cc1ccc(CSCCNC(=O)c2nnn(-c3ccc(F)cc3)c2C)cc1. The van der Waals surface area contributed by atoms with Crippen LogP contribution in [0.3, 0.4) is 0 Å². The van der Waals surface area contributed by atoms with Gasteiger partial charge in [0.05, 0.1) is 11.4 Å². The van der Waals surface area contributed by atoms with E-state index in [1.165, 1.54) is 27.9 Å². The number of aryl methyl sites for hydroxylation is 1. The molecule has 0 fully saturated rings. The molecule has 0 aliphatic heterocycles. The number of hydrogen-bond donors (Lipinski definition) is 1. The van der Waals surface area contributed by atoms with Crippen molar-refractivity contribution in [3.63, 3.8) is 0 Å². The van der Waals surface area contributed by atoms with Gasteiger partial charge in [0.25, 0.3) is 5.91 Å². The quantitative estimate of drug-likeness (QED) is 0.631. The molecule has 1 aromatic heterocycles. The van der Waals surface area contributed by atoms with E-state index in [1.807, 2.05) is 0 Å². The normalized spacial score (nSPS) is 10.8. The Morgan fingerprint density at radius 2 is 1.81 bits per heavy atom. The van der Waals surface area contributed by atoms with Crippen molar-refractivity contribution in [2.24, 2.45) is 0 Å². The highest BCUT2D eigenvalue weighted by Gasteiger charge is 2.16. The maximum Gasteiger partial charge on any atom is 0.273 e. The van der Waals surface area contributed by atoms with Crippen LogP contribution in [0.25, 0.3) is 5.69 Å². The molecule has 5 nitrogen and oxygen atoms in total. The molecule has 1 heterocycles. The molecule has 1 amide bonds. The number of halogens is 1. The van der Waals surface area contributed by atoms with Gasteiger partial charge >= 0.3 is 0 Å². The number of carbonyl (C=O) groups is 1. The van der Waals surface area contributed by atoms with Gasteiger partial charge in [-0.3, -0.25) is 4.79 Å². The van der Waals surface area contributed by atoms with E-state index in [9.17, 15) is 9.18 Å². The van der Waals surface area contributed by atoms with Gasteiger partial charge in [-0.25, -0.2) is 9.07 Å². The highest BCUT2D eigenvalue weighted by molar-refractivity contribution is 7.98. The van der Waals surface area contributed by atoms with Crippen LogP contribution in [0, 0.1) is 19.7 Å². The zero-order valence-corrected chi connectivity index (χ0v) is 16.1. The fourth-order valence-corrected chi connectivity index (χ4v) is 3.38. The zero-order chi connectivity index (χ0) is 19.2. The van der Waals surface area contributed by atoms with Crippen LogP contribution >= 0.6 is 11.8 Å². The van der Waals surface area contributed by atoms with Gasteiger partial charge in [0.15, 0.2) is 5.69 Å². The number of aromatic nitrogens is 3. The highest BCUT2D eigenvalue weighted by atomic mass is 32.2. The van der Waals surface area contributed by atoms with Crippen molar-refractivity contribution in [3.8, 4) is 5.69 Å². The second-order valence-corrected chi connectivity index (χ2v) is 7.31. The third-order valence-corrected chi connectivity index (χ3v) is 5.13. The Morgan fingerprint density at radius 1 is 1.11 bits per heavy atom. The fraction of sp³-hybridized carbons (Fsp3) is 0.250. The molecule has 0 spiro atoms. The first-order valence-electron chi connectivity index (χ1n) is 8.64. The van der Waals surface area contributed by atoms with Gasteiger partial charge in [0.2, 0.25) is 0 Å². The van der Waals surface area contributed by atoms with Gasteiger partial charge in [0, 0.05) is 18.1 Å². The van der Waals surface area contributed by atoms with Gasteiger partial charge in [-0.2, -0.15) is 11.8 Å². The Kier molecular flexibility index (Phi) is 6.24. The third-order valence-electron chi connectivity index (χ3n) is 4.10. The van der Waals surface area contributed by atoms with E-state index in [0.29, 0.717) is 17.9 Å². The molecule has 0 atom stereocenters. The van der Waals surface area contributed by atoms with Crippen LogP contribution in [0.2, 0.25) is 0 Å². The summed E-state index contributed by atoms with van der Waals surface area (Å²) in [6, 6.07) is 14.3. The summed E-state index contributed by atoms with van der Waals surface area (Å²) in [5.74, 6) is 1.15. The second kappa shape index (κ2) is 8.81. The van der Waals surface area contributed by atoms with E-state index >= 15 is 0 Å². The minimum absolute atomic E-state index is 0.253. The second-order valence-electron chi connectivity index (χ2n) is 6.21. The molecule has 3 aromatic rings. The number of nitrogens with zero attached hydrogens (tertiary/aromatic N) is 3. The summed E-state index contributed by atoms with van der Waals surface area (Å²) in [7, 11) is 0. The molecular weight excluding hydrogens is 363 g/mol. The Bertz CT molecular complexity index is 907. The van der Waals surface area contributed by atoms with Crippen molar-refractivity contribution in [1.82, 2.24) is 20.3 Å². The summed E-state index contributed by atoms with van der Waals surface area (Å²) in [5.41, 5.74) is 4.08. The van der Waals surface area contributed by atoms with Gasteiger partial charge in [-0.05, 0) is 43.7 Å². The molecule has 1 N–H and O–H groups in total. The van der Waals surface area contributed by atoms with Gasteiger partial charge < -0.3 is 5.32 Å².